The highest BCUT2D eigenvalue weighted by Crippen LogP contribution is 2.15. The molecule has 1 saturated heterocycles. The Hall–Kier alpha value is -0.810. The molecule has 0 spiro atoms. The van der Waals surface area contributed by atoms with Crippen molar-refractivity contribution >= 4 is 5.84 Å². The van der Waals surface area contributed by atoms with E-state index in [9.17, 15) is 0 Å². The lowest BCUT2D eigenvalue weighted by atomic mass is 10.0. The zero-order chi connectivity index (χ0) is 15.0. The van der Waals surface area contributed by atoms with Crippen LogP contribution in [0.3, 0.4) is 0 Å². The SMILES string of the molecule is CCCC(C(N)=NO)N1CCN(CC(CC)CC)CC1. The van der Waals surface area contributed by atoms with Gasteiger partial charge in [0.1, 0.15) is 0 Å². The Morgan fingerprint density at radius 1 is 1.15 bits per heavy atom. The fourth-order valence-electron chi connectivity index (χ4n) is 3.03. The number of rotatable bonds is 8. The van der Waals surface area contributed by atoms with E-state index in [4.69, 9.17) is 10.9 Å². The average Bonchev–Trinajstić information content (AvgIpc) is 2.50. The Kier molecular flexibility index (Phi) is 7.92. The first-order chi connectivity index (χ1) is 9.65. The van der Waals surface area contributed by atoms with Gasteiger partial charge in [-0.1, -0.05) is 45.2 Å². The van der Waals surface area contributed by atoms with Gasteiger partial charge in [-0.3, -0.25) is 4.90 Å². The lowest BCUT2D eigenvalue weighted by Crippen LogP contribution is -2.54. The highest BCUT2D eigenvalue weighted by molar-refractivity contribution is 5.85. The summed E-state index contributed by atoms with van der Waals surface area (Å²) in [6, 6.07) is 0.0975. The molecule has 0 amide bonds. The summed E-state index contributed by atoms with van der Waals surface area (Å²) in [4.78, 5) is 4.92. The van der Waals surface area contributed by atoms with Gasteiger partial charge in [-0.05, 0) is 12.3 Å². The molecule has 1 rings (SSSR count). The number of nitrogens with zero attached hydrogens (tertiary/aromatic N) is 3. The van der Waals surface area contributed by atoms with Crippen LogP contribution in [0.4, 0.5) is 0 Å². The summed E-state index contributed by atoms with van der Waals surface area (Å²) < 4.78 is 0. The van der Waals surface area contributed by atoms with Crippen LogP contribution < -0.4 is 5.73 Å². The predicted octanol–water partition coefficient (Wildman–Crippen LogP) is 1.96. The van der Waals surface area contributed by atoms with Crippen molar-refractivity contribution in [3.8, 4) is 0 Å². The van der Waals surface area contributed by atoms with E-state index >= 15 is 0 Å². The minimum atomic E-state index is 0.0975. The number of hydrogen-bond donors (Lipinski definition) is 2. The van der Waals surface area contributed by atoms with Gasteiger partial charge in [0.05, 0.1) is 6.04 Å². The molecule has 1 unspecified atom stereocenters. The van der Waals surface area contributed by atoms with Crippen molar-refractivity contribution < 1.29 is 5.21 Å². The standard InChI is InChI=1S/C15H32N4O/c1-4-7-14(15(16)17-20)19-10-8-18(9-11-19)12-13(5-2)6-3/h13-14,20H,4-12H2,1-3H3,(H2,16,17). The molecule has 3 N–H and O–H groups in total. The molecule has 0 radical (unpaired) electrons. The van der Waals surface area contributed by atoms with Crippen molar-refractivity contribution in [2.45, 2.75) is 52.5 Å². The third-order valence-corrected chi connectivity index (χ3v) is 4.54. The zero-order valence-electron chi connectivity index (χ0n) is 13.4. The lowest BCUT2D eigenvalue weighted by Gasteiger charge is -2.39. The van der Waals surface area contributed by atoms with Crippen LogP contribution in [0, 0.1) is 5.92 Å². The topological polar surface area (TPSA) is 65.1 Å². The van der Waals surface area contributed by atoms with Gasteiger partial charge >= 0.3 is 0 Å². The molecule has 0 bridgehead atoms. The fourth-order valence-corrected chi connectivity index (χ4v) is 3.03. The minimum Gasteiger partial charge on any atom is -0.409 e. The monoisotopic (exact) mass is 284 g/mol. The maximum Gasteiger partial charge on any atom is 0.156 e. The first-order valence-electron chi connectivity index (χ1n) is 8.09. The summed E-state index contributed by atoms with van der Waals surface area (Å²) in [5.41, 5.74) is 5.84. The second kappa shape index (κ2) is 9.19. The maximum absolute atomic E-state index is 8.92. The molecule has 1 heterocycles. The van der Waals surface area contributed by atoms with Crippen molar-refractivity contribution in [1.29, 1.82) is 0 Å². The molecule has 1 aliphatic heterocycles. The van der Waals surface area contributed by atoms with Crippen LogP contribution in [0.1, 0.15) is 46.5 Å². The van der Waals surface area contributed by atoms with Gasteiger partial charge in [-0.2, -0.15) is 0 Å². The van der Waals surface area contributed by atoms with Crippen LogP contribution in [0.25, 0.3) is 0 Å². The Morgan fingerprint density at radius 2 is 1.75 bits per heavy atom. The van der Waals surface area contributed by atoms with E-state index in [2.05, 4.69) is 35.7 Å². The molecule has 0 aromatic rings. The molecule has 0 aromatic heterocycles. The normalized spacial score (nSPS) is 20.5. The van der Waals surface area contributed by atoms with Crippen LogP contribution in [-0.2, 0) is 0 Å². The van der Waals surface area contributed by atoms with Gasteiger partial charge in [0.15, 0.2) is 5.84 Å². The maximum atomic E-state index is 8.92. The van der Waals surface area contributed by atoms with E-state index in [0.29, 0.717) is 5.84 Å². The second-order valence-electron chi connectivity index (χ2n) is 5.85. The zero-order valence-corrected chi connectivity index (χ0v) is 13.4. The highest BCUT2D eigenvalue weighted by Gasteiger charge is 2.26. The summed E-state index contributed by atoms with van der Waals surface area (Å²) in [5, 5.41) is 12.1. The summed E-state index contributed by atoms with van der Waals surface area (Å²) >= 11 is 0. The first kappa shape index (κ1) is 17.2. The van der Waals surface area contributed by atoms with Gasteiger partial charge in [0.2, 0.25) is 0 Å². The Balaban J connectivity index is 2.47. The average molecular weight is 284 g/mol. The Bertz CT molecular complexity index is 284. The summed E-state index contributed by atoms with van der Waals surface area (Å²) in [7, 11) is 0. The summed E-state index contributed by atoms with van der Waals surface area (Å²) in [5.74, 6) is 1.18. The Morgan fingerprint density at radius 3 is 2.20 bits per heavy atom. The van der Waals surface area contributed by atoms with Gasteiger partial charge in [-0.15, -0.1) is 0 Å². The molecule has 1 fully saturated rings. The molecule has 5 heteroatoms. The molecule has 1 aliphatic rings. The van der Waals surface area contributed by atoms with Gasteiger partial charge in [0.25, 0.3) is 0 Å². The quantitative estimate of drug-likeness (QED) is 0.309. The summed E-state index contributed by atoms with van der Waals surface area (Å²) in [6.07, 6.45) is 4.54. The van der Waals surface area contributed by atoms with Crippen LogP contribution in [0.15, 0.2) is 5.16 Å². The number of piperazine rings is 1. The lowest BCUT2D eigenvalue weighted by molar-refractivity contribution is 0.0991. The highest BCUT2D eigenvalue weighted by atomic mass is 16.4. The minimum absolute atomic E-state index is 0.0975. The van der Waals surface area contributed by atoms with Crippen molar-refractivity contribution in [2.75, 3.05) is 32.7 Å². The molecule has 20 heavy (non-hydrogen) atoms. The molecule has 0 saturated carbocycles. The molecule has 118 valence electrons. The molecular weight excluding hydrogens is 252 g/mol. The third kappa shape index (κ3) is 4.94. The van der Waals surface area contributed by atoms with E-state index in [1.54, 1.807) is 0 Å². The van der Waals surface area contributed by atoms with Crippen molar-refractivity contribution in [3.05, 3.63) is 0 Å². The number of hydrogen-bond acceptors (Lipinski definition) is 4. The molecular formula is C15H32N4O. The van der Waals surface area contributed by atoms with E-state index in [-0.39, 0.29) is 6.04 Å². The van der Waals surface area contributed by atoms with Crippen molar-refractivity contribution in [1.82, 2.24) is 9.80 Å². The van der Waals surface area contributed by atoms with E-state index in [1.807, 2.05) is 0 Å². The number of oxime groups is 1. The number of amidine groups is 1. The van der Waals surface area contributed by atoms with Crippen LogP contribution in [-0.4, -0.2) is 59.6 Å². The second-order valence-corrected chi connectivity index (χ2v) is 5.85. The van der Waals surface area contributed by atoms with Gasteiger partial charge in [-0.25, -0.2) is 0 Å². The largest absolute Gasteiger partial charge is 0.409 e. The van der Waals surface area contributed by atoms with Crippen LogP contribution >= 0.6 is 0 Å². The van der Waals surface area contributed by atoms with E-state index < -0.39 is 0 Å². The van der Waals surface area contributed by atoms with Crippen molar-refractivity contribution in [2.24, 2.45) is 16.8 Å². The van der Waals surface area contributed by atoms with Crippen molar-refractivity contribution in [3.63, 3.8) is 0 Å². The van der Waals surface area contributed by atoms with E-state index in [1.165, 1.54) is 19.4 Å². The van der Waals surface area contributed by atoms with E-state index in [0.717, 1.165) is 44.9 Å². The Labute approximate surface area is 123 Å². The smallest absolute Gasteiger partial charge is 0.156 e. The first-order valence-corrected chi connectivity index (χ1v) is 8.09. The molecule has 0 aliphatic carbocycles. The fraction of sp³-hybridized carbons (Fsp3) is 0.933. The molecule has 0 aromatic carbocycles. The molecule has 5 nitrogen and oxygen atoms in total. The summed E-state index contributed by atoms with van der Waals surface area (Å²) in [6.45, 7) is 12.1. The molecule has 1 atom stereocenters. The van der Waals surface area contributed by atoms with Gasteiger partial charge < -0.3 is 15.8 Å². The predicted molar refractivity (Wildman–Crippen MR) is 84.2 cm³/mol. The van der Waals surface area contributed by atoms with Crippen LogP contribution in [0.2, 0.25) is 0 Å². The van der Waals surface area contributed by atoms with Gasteiger partial charge in [0, 0.05) is 32.7 Å². The number of nitrogens with two attached hydrogens (primary N) is 1. The third-order valence-electron chi connectivity index (χ3n) is 4.54. The van der Waals surface area contributed by atoms with Crippen LogP contribution in [0.5, 0.6) is 0 Å².